The van der Waals surface area contributed by atoms with Crippen molar-refractivity contribution in [3.05, 3.63) is 16.1 Å². The zero-order valence-corrected chi connectivity index (χ0v) is 13.4. The van der Waals surface area contributed by atoms with Gasteiger partial charge >= 0.3 is 0 Å². The van der Waals surface area contributed by atoms with Crippen LogP contribution in [0.3, 0.4) is 0 Å². The standard InChI is InChI=1S/C14H19N5O2S/c1-10-15-11(9-22-10)8-18-4-6-19(7-5-18)14(21)12-2-3-13(20)17-16-12/h9H,2-8H2,1H3,(H,17,20). The number of carbonyl (C=O) groups is 2. The molecule has 1 N–H and O–H groups in total. The van der Waals surface area contributed by atoms with Crippen LogP contribution in [0.25, 0.3) is 0 Å². The topological polar surface area (TPSA) is 77.9 Å². The summed E-state index contributed by atoms with van der Waals surface area (Å²) in [5.41, 5.74) is 3.94. The fraction of sp³-hybridized carbons (Fsp3) is 0.571. The number of nitrogens with zero attached hydrogens (tertiary/aromatic N) is 4. The van der Waals surface area contributed by atoms with E-state index in [2.05, 4.69) is 25.8 Å². The van der Waals surface area contributed by atoms with E-state index in [1.165, 1.54) is 0 Å². The molecule has 1 fully saturated rings. The Bertz CT molecular complexity index is 604. The van der Waals surface area contributed by atoms with Gasteiger partial charge in [0.2, 0.25) is 5.91 Å². The number of hydrogen-bond donors (Lipinski definition) is 1. The van der Waals surface area contributed by atoms with E-state index in [4.69, 9.17) is 0 Å². The maximum atomic E-state index is 12.3. The minimum absolute atomic E-state index is 0.0517. The second kappa shape index (κ2) is 6.53. The van der Waals surface area contributed by atoms with Crippen molar-refractivity contribution in [3.63, 3.8) is 0 Å². The van der Waals surface area contributed by atoms with Crippen LogP contribution in [-0.4, -0.2) is 58.5 Å². The minimum atomic E-state index is -0.125. The summed E-state index contributed by atoms with van der Waals surface area (Å²) in [5.74, 6) is -0.177. The lowest BCUT2D eigenvalue weighted by Gasteiger charge is -2.34. The molecule has 1 aromatic rings. The summed E-state index contributed by atoms with van der Waals surface area (Å²) >= 11 is 1.66. The van der Waals surface area contributed by atoms with Crippen molar-refractivity contribution >= 4 is 28.9 Å². The van der Waals surface area contributed by atoms with Crippen LogP contribution in [0.1, 0.15) is 23.5 Å². The van der Waals surface area contributed by atoms with Gasteiger partial charge in [-0.3, -0.25) is 14.5 Å². The van der Waals surface area contributed by atoms with Crippen molar-refractivity contribution in [2.24, 2.45) is 5.10 Å². The monoisotopic (exact) mass is 321 g/mol. The Labute approximate surface area is 133 Å². The maximum absolute atomic E-state index is 12.3. The first-order valence-corrected chi connectivity index (χ1v) is 8.28. The van der Waals surface area contributed by atoms with Gasteiger partial charge in [-0.2, -0.15) is 5.10 Å². The molecule has 2 aliphatic heterocycles. The third kappa shape index (κ3) is 3.50. The molecule has 0 unspecified atom stereocenters. The van der Waals surface area contributed by atoms with Crippen LogP contribution in [0.5, 0.6) is 0 Å². The summed E-state index contributed by atoms with van der Waals surface area (Å²) in [6.45, 7) is 5.89. The molecule has 2 amide bonds. The largest absolute Gasteiger partial charge is 0.335 e. The molecule has 2 aliphatic rings. The maximum Gasteiger partial charge on any atom is 0.270 e. The highest BCUT2D eigenvalue weighted by molar-refractivity contribution is 7.09. The first-order chi connectivity index (χ1) is 10.6. The Morgan fingerprint density at radius 3 is 2.68 bits per heavy atom. The highest BCUT2D eigenvalue weighted by Crippen LogP contribution is 2.13. The molecule has 22 heavy (non-hydrogen) atoms. The number of amides is 2. The van der Waals surface area contributed by atoms with Crippen molar-refractivity contribution in [3.8, 4) is 0 Å². The van der Waals surface area contributed by atoms with Gasteiger partial charge in [0, 0.05) is 50.9 Å². The molecule has 0 bridgehead atoms. The molecule has 1 saturated heterocycles. The van der Waals surface area contributed by atoms with E-state index in [0.717, 1.165) is 30.3 Å². The Morgan fingerprint density at radius 2 is 2.09 bits per heavy atom. The Hall–Kier alpha value is -1.80. The Kier molecular flexibility index (Phi) is 4.49. The van der Waals surface area contributed by atoms with Gasteiger partial charge < -0.3 is 4.90 Å². The van der Waals surface area contributed by atoms with Crippen molar-refractivity contribution in [2.75, 3.05) is 26.2 Å². The Morgan fingerprint density at radius 1 is 1.32 bits per heavy atom. The van der Waals surface area contributed by atoms with Gasteiger partial charge in [-0.25, -0.2) is 10.4 Å². The van der Waals surface area contributed by atoms with E-state index >= 15 is 0 Å². The quantitative estimate of drug-likeness (QED) is 0.872. The third-order valence-electron chi connectivity index (χ3n) is 3.86. The number of rotatable bonds is 3. The second-order valence-corrected chi connectivity index (χ2v) is 6.58. The van der Waals surface area contributed by atoms with Crippen LogP contribution < -0.4 is 5.43 Å². The predicted molar refractivity (Wildman–Crippen MR) is 83.5 cm³/mol. The molecule has 8 heteroatoms. The number of hydrogen-bond acceptors (Lipinski definition) is 6. The van der Waals surface area contributed by atoms with Crippen LogP contribution in [0, 0.1) is 6.92 Å². The molecule has 0 saturated carbocycles. The average molecular weight is 321 g/mol. The van der Waals surface area contributed by atoms with Gasteiger partial charge in [0.15, 0.2) is 0 Å². The lowest BCUT2D eigenvalue weighted by atomic mass is 10.1. The van der Waals surface area contributed by atoms with Gasteiger partial charge in [-0.05, 0) is 6.92 Å². The van der Waals surface area contributed by atoms with Crippen molar-refractivity contribution in [1.82, 2.24) is 20.2 Å². The molecule has 3 rings (SSSR count). The zero-order valence-electron chi connectivity index (χ0n) is 12.5. The van der Waals surface area contributed by atoms with Crippen molar-refractivity contribution in [1.29, 1.82) is 0 Å². The van der Waals surface area contributed by atoms with Crippen LogP contribution in [-0.2, 0) is 16.1 Å². The smallest absolute Gasteiger partial charge is 0.270 e. The summed E-state index contributed by atoms with van der Waals surface area (Å²) < 4.78 is 0. The van der Waals surface area contributed by atoms with Gasteiger partial charge in [0.1, 0.15) is 5.71 Å². The summed E-state index contributed by atoms with van der Waals surface area (Å²) in [4.78, 5) is 32.0. The number of carbonyl (C=O) groups excluding carboxylic acids is 2. The number of piperazine rings is 1. The van der Waals surface area contributed by atoms with Gasteiger partial charge in [-0.15, -0.1) is 11.3 Å². The molecule has 1 aromatic heterocycles. The first-order valence-electron chi connectivity index (χ1n) is 7.40. The molecule has 0 spiro atoms. The van der Waals surface area contributed by atoms with Crippen LogP contribution >= 0.6 is 11.3 Å². The molecule has 0 radical (unpaired) electrons. The lowest BCUT2D eigenvalue weighted by Crippen LogP contribution is -2.51. The molecule has 0 aromatic carbocycles. The predicted octanol–water partition coefficient (Wildman–Crippen LogP) is 0.362. The fourth-order valence-corrected chi connectivity index (χ4v) is 3.23. The summed E-state index contributed by atoms with van der Waals surface area (Å²) in [7, 11) is 0. The number of nitrogens with one attached hydrogen (secondary N) is 1. The number of aromatic nitrogens is 1. The molecule has 0 atom stereocenters. The van der Waals surface area contributed by atoms with E-state index < -0.39 is 0 Å². The first kappa shape index (κ1) is 15.1. The van der Waals surface area contributed by atoms with Gasteiger partial charge in [0.25, 0.3) is 5.91 Å². The van der Waals surface area contributed by atoms with E-state index in [9.17, 15) is 9.59 Å². The molecule has 7 nitrogen and oxygen atoms in total. The molecule has 3 heterocycles. The fourth-order valence-electron chi connectivity index (χ4n) is 2.63. The Balaban J connectivity index is 1.51. The van der Waals surface area contributed by atoms with E-state index in [1.54, 1.807) is 11.3 Å². The summed E-state index contributed by atoms with van der Waals surface area (Å²) in [5, 5.41) is 7.05. The number of hydrazone groups is 1. The van der Waals surface area contributed by atoms with E-state index in [-0.39, 0.29) is 11.8 Å². The number of aryl methyl sites for hydroxylation is 1. The zero-order chi connectivity index (χ0) is 15.5. The summed E-state index contributed by atoms with van der Waals surface area (Å²) in [6, 6.07) is 0. The SMILES string of the molecule is Cc1nc(CN2CCN(C(=O)C3=NNC(=O)CC3)CC2)cs1. The molecule has 118 valence electrons. The van der Waals surface area contributed by atoms with Gasteiger partial charge in [-0.1, -0.05) is 0 Å². The minimum Gasteiger partial charge on any atom is -0.335 e. The summed E-state index contributed by atoms with van der Waals surface area (Å²) in [6.07, 6.45) is 0.775. The van der Waals surface area contributed by atoms with Crippen molar-refractivity contribution < 1.29 is 9.59 Å². The lowest BCUT2D eigenvalue weighted by molar-refractivity contribution is -0.126. The van der Waals surface area contributed by atoms with Crippen LogP contribution in [0.2, 0.25) is 0 Å². The molecular weight excluding hydrogens is 302 g/mol. The number of thiazole rings is 1. The van der Waals surface area contributed by atoms with Gasteiger partial charge in [0.05, 0.1) is 10.7 Å². The van der Waals surface area contributed by atoms with Crippen molar-refractivity contribution in [2.45, 2.75) is 26.3 Å². The molecule has 0 aliphatic carbocycles. The third-order valence-corrected chi connectivity index (χ3v) is 4.69. The van der Waals surface area contributed by atoms with Crippen LogP contribution in [0.15, 0.2) is 10.5 Å². The highest BCUT2D eigenvalue weighted by Gasteiger charge is 2.26. The van der Waals surface area contributed by atoms with E-state index in [1.807, 2.05) is 11.8 Å². The molecular formula is C14H19N5O2S. The van der Waals surface area contributed by atoms with Crippen LogP contribution in [0.4, 0.5) is 0 Å². The highest BCUT2D eigenvalue weighted by atomic mass is 32.1. The normalized spacial score (nSPS) is 19.8. The second-order valence-electron chi connectivity index (χ2n) is 5.52. The average Bonchev–Trinajstić information content (AvgIpc) is 2.93. The van der Waals surface area contributed by atoms with E-state index in [0.29, 0.717) is 31.6 Å².